The molecule has 18 heavy (non-hydrogen) atoms. The van der Waals surface area contributed by atoms with Crippen molar-refractivity contribution in [3.63, 3.8) is 0 Å². The number of nitrogens with two attached hydrogens (primary N) is 1. The Balaban J connectivity index is 2.02. The third-order valence-corrected chi connectivity index (χ3v) is 3.40. The van der Waals surface area contributed by atoms with E-state index in [1.165, 1.54) is 12.1 Å². The van der Waals surface area contributed by atoms with Crippen molar-refractivity contribution in [2.24, 2.45) is 0 Å². The molecule has 0 aromatic heterocycles. The molecule has 1 aromatic rings. The number of nitrogens with zero attached hydrogens (tertiary/aromatic N) is 1. The van der Waals surface area contributed by atoms with E-state index in [4.69, 9.17) is 15.2 Å². The first-order valence-electron chi connectivity index (χ1n) is 5.96. The van der Waals surface area contributed by atoms with Gasteiger partial charge in [-0.3, -0.25) is 4.90 Å². The number of rotatable bonds is 4. The SMILES string of the molecule is COC1CN(Cc2ccc(F)cc2N)CC1OC. The fourth-order valence-corrected chi connectivity index (χ4v) is 2.35. The van der Waals surface area contributed by atoms with Crippen LogP contribution >= 0.6 is 0 Å². The van der Waals surface area contributed by atoms with Crippen LogP contribution in [0.3, 0.4) is 0 Å². The van der Waals surface area contributed by atoms with Gasteiger partial charge in [-0.15, -0.1) is 0 Å². The molecule has 0 radical (unpaired) electrons. The van der Waals surface area contributed by atoms with Crippen molar-refractivity contribution < 1.29 is 13.9 Å². The Morgan fingerprint density at radius 1 is 1.28 bits per heavy atom. The Labute approximate surface area is 106 Å². The van der Waals surface area contributed by atoms with Gasteiger partial charge in [0.25, 0.3) is 0 Å². The summed E-state index contributed by atoms with van der Waals surface area (Å²) in [5.41, 5.74) is 7.23. The summed E-state index contributed by atoms with van der Waals surface area (Å²) < 4.78 is 23.7. The first-order valence-corrected chi connectivity index (χ1v) is 5.96. The minimum atomic E-state index is -0.304. The number of anilines is 1. The van der Waals surface area contributed by atoms with Crippen molar-refractivity contribution >= 4 is 5.69 Å². The molecule has 0 bridgehead atoms. The maximum atomic E-state index is 13.0. The van der Waals surface area contributed by atoms with E-state index in [2.05, 4.69) is 4.90 Å². The monoisotopic (exact) mass is 254 g/mol. The lowest BCUT2D eigenvalue weighted by Crippen LogP contribution is -2.27. The number of methoxy groups -OCH3 is 2. The number of halogens is 1. The molecule has 2 unspecified atom stereocenters. The Morgan fingerprint density at radius 3 is 2.39 bits per heavy atom. The minimum absolute atomic E-state index is 0.0803. The van der Waals surface area contributed by atoms with Crippen LogP contribution in [0.5, 0.6) is 0 Å². The van der Waals surface area contributed by atoms with Gasteiger partial charge in [0.2, 0.25) is 0 Å². The lowest BCUT2D eigenvalue weighted by molar-refractivity contribution is -0.00461. The van der Waals surface area contributed by atoms with E-state index in [1.807, 2.05) is 0 Å². The van der Waals surface area contributed by atoms with Crippen LogP contribution in [0.15, 0.2) is 18.2 Å². The predicted octanol–water partition coefficient (Wildman–Crippen LogP) is 1.25. The molecule has 4 nitrogen and oxygen atoms in total. The highest BCUT2D eigenvalue weighted by Gasteiger charge is 2.32. The molecule has 0 amide bonds. The van der Waals surface area contributed by atoms with Gasteiger partial charge in [-0.05, 0) is 17.7 Å². The standard InChI is InChI=1S/C13H19FN2O2/c1-17-12-7-16(8-13(12)18-2)6-9-3-4-10(14)5-11(9)15/h3-5,12-13H,6-8,15H2,1-2H3. The molecule has 1 fully saturated rings. The largest absolute Gasteiger partial charge is 0.398 e. The normalized spacial score (nSPS) is 24.6. The maximum Gasteiger partial charge on any atom is 0.125 e. The Bertz CT molecular complexity index is 402. The molecule has 5 heteroatoms. The Morgan fingerprint density at radius 2 is 1.89 bits per heavy atom. The zero-order chi connectivity index (χ0) is 13.1. The van der Waals surface area contributed by atoms with Gasteiger partial charge < -0.3 is 15.2 Å². The van der Waals surface area contributed by atoms with Gasteiger partial charge in [0, 0.05) is 39.5 Å². The number of ether oxygens (including phenoxy) is 2. The van der Waals surface area contributed by atoms with E-state index in [9.17, 15) is 4.39 Å². The zero-order valence-electron chi connectivity index (χ0n) is 10.7. The second kappa shape index (κ2) is 5.65. The number of hydrogen-bond donors (Lipinski definition) is 1. The molecule has 0 aliphatic carbocycles. The zero-order valence-corrected chi connectivity index (χ0v) is 10.7. The summed E-state index contributed by atoms with van der Waals surface area (Å²) >= 11 is 0. The number of nitrogen functional groups attached to an aromatic ring is 1. The van der Waals surface area contributed by atoms with E-state index in [-0.39, 0.29) is 18.0 Å². The second-order valence-corrected chi connectivity index (χ2v) is 4.59. The van der Waals surface area contributed by atoms with Gasteiger partial charge in [-0.1, -0.05) is 6.07 Å². The highest BCUT2D eigenvalue weighted by atomic mass is 19.1. The van der Waals surface area contributed by atoms with Gasteiger partial charge >= 0.3 is 0 Å². The van der Waals surface area contributed by atoms with Crippen molar-refractivity contribution in [1.29, 1.82) is 0 Å². The summed E-state index contributed by atoms with van der Waals surface area (Å²) in [6, 6.07) is 4.52. The number of hydrogen-bond acceptors (Lipinski definition) is 4. The average Bonchev–Trinajstić information content (AvgIpc) is 2.75. The third kappa shape index (κ3) is 2.80. The quantitative estimate of drug-likeness (QED) is 0.822. The molecular formula is C13H19FN2O2. The Hall–Kier alpha value is -1.17. The molecule has 1 aliphatic heterocycles. The van der Waals surface area contributed by atoms with Crippen LogP contribution in [0, 0.1) is 5.82 Å². The lowest BCUT2D eigenvalue weighted by Gasteiger charge is -2.16. The van der Waals surface area contributed by atoms with Crippen molar-refractivity contribution in [2.75, 3.05) is 33.0 Å². The van der Waals surface area contributed by atoms with Crippen LogP contribution in [-0.2, 0) is 16.0 Å². The fourth-order valence-electron chi connectivity index (χ4n) is 2.35. The molecular weight excluding hydrogens is 235 g/mol. The summed E-state index contributed by atoms with van der Waals surface area (Å²) in [6.45, 7) is 2.28. The highest BCUT2D eigenvalue weighted by molar-refractivity contribution is 5.46. The van der Waals surface area contributed by atoms with E-state index in [0.29, 0.717) is 12.2 Å². The molecule has 0 saturated carbocycles. The van der Waals surface area contributed by atoms with Crippen LogP contribution in [0.2, 0.25) is 0 Å². The van der Waals surface area contributed by atoms with E-state index in [0.717, 1.165) is 18.7 Å². The second-order valence-electron chi connectivity index (χ2n) is 4.59. The fraction of sp³-hybridized carbons (Fsp3) is 0.538. The van der Waals surface area contributed by atoms with Crippen LogP contribution in [0.1, 0.15) is 5.56 Å². The molecule has 1 saturated heterocycles. The predicted molar refractivity (Wildman–Crippen MR) is 67.7 cm³/mol. The topological polar surface area (TPSA) is 47.7 Å². The van der Waals surface area contributed by atoms with Crippen molar-refractivity contribution in [3.05, 3.63) is 29.6 Å². The molecule has 1 aliphatic rings. The molecule has 1 heterocycles. The van der Waals surface area contributed by atoms with Crippen LogP contribution in [0.25, 0.3) is 0 Å². The van der Waals surface area contributed by atoms with E-state index < -0.39 is 0 Å². The molecule has 100 valence electrons. The smallest absolute Gasteiger partial charge is 0.125 e. The van der Waals surface area contributed by atoms with Gasteiger partial charge in [0.15, 0.2) is 0 Å². The summed E-state index contributed by atoms with van der Waals surface area (Å²) in [6.07, 6.45) is 0.161. The lowest BCUT2D eigenvalue weighted by atomic mass is 10.1. The highest BCUT2D eigenvalue weighted by Crippen LogP contribution is 2.21. The van der Waals surface area contributed by atoms with E-state index in [1.54, 1.807) is 20.3 Å². The molecule has 2 N–H and O–H groups in total. The molecule has 1 aromatic carbocycles. The summed E-state index contributed by atoms with van der Waals surface area (Å²) in [7, 11) is 3.37. The first-order chi connectivity index (χ1) is 8.63. The van der Waals surface area contributed by atoms with Crippen LogP contribution in [-0.4, -0.2) is 44.4 Å². The maximum absolute atomic E-state index is 13.0. The number of benzene rings is 1. The van der Waals surface area contributed by atoms with Gasteiger partial charge in [-0.2, -0.15) is 0 Å². The van der Waals surface area contributed by atoms with Crippen LogP contribution < -0.4 is 5.73 Å². The van der Waals surface area contributed by atoms with Crippen LogP contribution in [0.4, 0.5) is 10.1 Å². The Kier molecular flexibility index (Phi) is 4.16. The molecule has 0 spiro atoms. The average molecular weight is 254 g/mol. The number of likely N-dealkylation sites (tertiary alicyclic amines) is 1. The van der Waals surface area contributed by atoms with Crippen molar-refractivity contribution in [3.8, 4) is 0 Å². The minimum Gasteiger partial charge on any atom is -0.398 e. The molecule has 2 rings (SSSR count). The van der Waals surface area contributed by atoms with Gasteiger partial charge in [0.05, 0.1) is 12.2 Å². The summed E-state index contributed by atoms with van der Waals surface area (Å²) in [5, 5.41) is 0. The molecule has 2 atom stereocenters. The summed E-state index contributed by atoms with van der Waals surface area (Å²) in [5.74, 6) is -0.304. The van der Waals surface area contributed by atoms with Gasteiger partial charge in [0.1, 0.15) is 5.82 Å². The van der Waals surface area contributed by atoms with Gasteiger partial charge in [-0.25, -0.2) is 4.39 Å². The van der Waals surface area contributed by atoms with Crippen molar-refractivity contribution in [1.82, 2.24) is 4.90 Å². The summed E-state index contributed by atoms with van der Waals surface area (Å²) in [4.78, 5) is 2.20. The van der Waals surface area contributed by atoms with Crippen molar-refractivity contribution in [2.45, 2.75) is 18.8 Å². The third-order valence-electron chi connectivity index (χ3n) is 3.40. The van der Waals surface area contributed by atoms with E-state index >= 15 is 0 Å². The first kappa shape index (κ1) is 13.3.